The number of carboxylic acid groups (broad SMARTS) is 1. The Labute approximate surface area is 151 Å². The molecule has 3 aromatic rings. The largest absolute Gasteiger partial charge is 0.480 e. The van der Waals surface area contributed by atoms with E-state index in [0.717, 1.165) is 19.4 Å². The summed E-state index contributed by atoms with van der Waals surface area (Å²) in [6.45, 7) is 2.91. The number of nitrogens with zero attached hydrogens (tertiary/aromatic N) is 1. The van der Waals surface area contributed by atoms with Crippen LogP contribution in [-0.4, -0.2) is 28.6 Å². The first-order valence-electron chi connectivity index (χ1n) is 8.67. The van der Waals surface area contributed by atoms with Crippen molar-refractivity contribution in [3.8, 4) is 0 Å². The zero-order chi connectivity index (χ0) is 17.4. The molecule has 1 N–H and O–H groups in total. The van der Waals surface area contributed by atoms with E-state index in [1.165, 1.54) is 26.1 Å². The van der Waals surface area contributed by atoms with Crippen molar-refractivity contribution in [2.75, 3.05) is 6.54 Å². The van der Waals surface area contributed by atoms with Gasteiger partial charge in [-0.05, 0) is 42.8 Å². The van der Waals surface area contributed by atoms with E-state index >= 15 is 0 Å². The fourth-order valence-corrected chi connectivity index (χ4v) is 5.07. The SMILES string of the molecule is Cc1cccc(C(c2cc3ccccc3s2)N2CCCC2C(=O)O)c1. The summed E-state index contributed by atoms with van der Waals surface area (Å²) in [7, 11) is 0. The lowest BCUT2D eigenvalue weighted by atomic mass is 10.00. The normalized spacial score (nSPS) is 19.3. The molecule has 3 nitrogen and oxygen atoms in total. The maximum Gasteiger partial charge on any atom is 0.320 e. The molecular weight excluding hydrogens is 330 g/mol. The minimum Gasteiger partial charge on any atom is -0.480 e. The molecule has 128 valence electrons. The Balaban J connectivity index is 1.84. The van der Waals surface area contributed by atoms with E-state index in [9.17, 15) is 9.90 Å². The minimum absolute atomic E-state index is 0.000833. The predicted molar refractivity (Wildman–Crippen MR) is 102 cm³/mol. The average Bonchev–Trinajstić information content (AvgIpc) is 3.22. The van der Waals surface area contributed by atoms with E-state index in [0.29, 0.717) is 0 Å². The monoisotopic (exact) mass is 351 g/mol. The van der Waals surface area contributed by atoms with Crippen LogP contribution in [0.3, 0.4) is 0 Å². The molecule has 0 saturated carbocycles. The molecule has 1 aliphatic rings. The van der Waals surface area contributed by atoms with E-state index in [4.69, 9.17) is 0 Å². The summed E-state index contributed by atoms with van der Waals surface area (Å²) in [6, 6.07) is 18.7. The van der Waals surface area contributed by atoms with E-state index in [1.807, 2.05) is 0 Å². The summed E-state index contributed by atoms with van der Waals surface area (Å²) in [4.78, 5) is 15.2. The quantitative estimate of drug-likeness (QED) is 0.730. The van der Waals surface area contributed by atoms with Crippen molar-refractivity contribution in [2.24, 2.45) is 0 Å². The second-order valence-electron chi connectivity index (χ2n) is 6.74. The fourth-order valence-electron chi connectivity index (χ4n) is 3.86. The Kier molecular flexibility index (Phi) is 4.32. The number of carbonyl (C=O) groups is 1. The minimum atomic E-state index is -0.712. The van der Waals surface area contributed by atoms with Gasteiger partial charge >= 0.3 is 5.97 Å². The number of fused-ring (bicyclic) bond motifs is 1. The molecule has 2 unspecified atom stereocenters. The van der Waals surface area contributed by atoms with Crippen molar-refractivity contribution in [1.82, 2.24) is 4.90 Å². The molecule has 0 aliphatic carbocycles. The number of hydrogen-bond acceptors (Lipinski definition) is 3. The Hall–Kier alpha value is -2.17. The van der Waals surface area contributed by atoms with Crippen LogP contribution in [0.5, 0.6) is 0 Å². The molecule has 1 aliphatic heterocycles. The third-order valence-corrected chi connectivity index (χ3v) is 6.15. The molecule has 2 atom stereocenters. The van der Waals surface area contributed by atoms with Gasteiger partial charge in [0.15, 0.2) is 0 Å². The summed E-state index contributed by atoms with van der Waals surface area (Å²) in [5, 5.41) is 10.9. The predicted octanol–water partition coefficient (Wildman–Crippen LogP) is 4.85. The summed E-state index contributed by atoms with van der Waals surface area (Å²) in [5.41, 5.74) is 2.38. The highest BCUT2D eigenvalue weighted by molar-refractivity contribution is 7.19. The lowest BCUT2D eigenvalue weighted by Gasteiger charge is -2.31. The zero-order valence-electron chi connectivity index (χ0n) is 14.2. The van der Waals surface area contributed by atoms with Gasteiger partial charge in [0.1, 0.15) is 6.04 Å². The molecule has 25 heavy (non-hydrogen) atoms. The molecule has 0 radical (unpaired) electrons. The van der Waals surface area contributed by atoms with Crippen LogP contribution in [0.2, 0.25) is 0 Å². The van der Waals surface area contributed by atoms with Gasteiger partial charge in [-0.15, -0.1) is 11.3 Å². The second kappa shape index (κ2) is 6.62. The van der Waals surface area contributed by atoms with Crippen LogP contribution in [-0.2, 0) is 4.79 Å². The van der Waals surface area contributed by atoms with Gasteiger partial charge in [0.2, 0.25) is 0 Å². The van der Waals surface area contributed by atoms with Crippen LogP contribution in [0, 0.1) is 6.92 Å². The molecule has 2 aromatic carbocycles. The van der Waals surface area contributed by atoms with Crippen LogP contribution in [0.4, 0.5) is 0 Å². The number of carboxylic acids is 1. The van der Waals surface area contributed by atoms with Crippen molar-refractivity contribution in [3.63, 3.8) is 0 Å². The Morgan fingerprint density at radius 2 is 2.04 bits per heavy atom. The van der Waals surface area contributed by atoms with Crippen molar-refractivity contribution in [3.05, 3.63) is 70.6 Å². The first-order chi connectivity index (χ1) is 12.1. The maximum absolute atomic E-state index is 11.8. The molecule has 2 heterocycles. The van der Waals surface area contributed by atoms with E-state index in [1.54, 1.807) is 11.3 Å². The highest BCUT2D eigenvalue weighted by Crippen LogP contribution is 2.40. The van der Waals surface area contributed by atoms with E-state index in [-0.39, 0.29) is 6.04 Å². The second-order valence-corrected chi connectivity index (χ2v) is 7.85. The molecular formula is C21H21NO2S. The van der Waals surface area contributed by atoms with Gasteiger partial charge in [0.25, 0.3) is 0 Å². The third kappa shape index (κ3) is 3.08. The lowest BCUT2D eigenvalue weighted by molar-refractivity contribution is -0.142. The third-order valence-electron chi connectivity index (χ3n) is 4.98. The Bertz CT molecular complexity index is 884. The number of rotatable bonds is 4. The van der Waals surface area contributed by atoms with Gasteiger partial charge in [-0.3, -0.25) is 9.69 Å². The van der Waals surface area contributed by atoms with Gasteiger partial charge in [-0.1, -0.05) is 48.0 Å². The van der Waals surface area contributed by atoms with Crippen LogP contribution >= 0.6 is 11.3 Å². The van der Waals surface area contributed by atoms with Crippen LogP contribution in [0.1, 0.15) is 34.9 Å². The number of benzene rings is 2. The number of aliphatic carboxylic acids is 1. The van der Waals surface area contributed by atoms with Gasteiger partial charge in [-0.2, -0.15) is 0 Å². The molecule has 0 amide bonds. The molecule has 1 aromatic heterocycles. The summed E-state index contributed by atoms with van der Waals surface area (Å²) in [5.74, 6) is -0.712. The molecule has 4 heteroatoms. The van der Waals surface area contributed by atoms with E-state index in [2.05, 4.69) is 66.4 Å². The summed E-state index contributed by atoms with van der Waals surface area (Å²) < 4.78 is 1.25. The van der Waals surface area contributed by atoms with Crippen LogP contribution in [0.25, 0.3) is 10.1 Å². The summed E-state index contributed by atoms with van der Waals surface area (Å²) >= 11 is 1.77. The smallest absolute Gasteiger partial charge is 0.320 e. The first-order valence-corrected chi connectivity index (χ1v) is 9.49. The van der Waals surface area contributed by atoms with Gasteiger partial charge in [0, 0.05) is 16.1 Å². The molecule has 4 rings (SSSR count). The van der Waals surface area contributed by atoms with Crippen molar-refractivity contribution >= 4 is 27.4 Å². The van der Waals surface area contributed by atoms with Crippen molar-refractivity contribution in [1.29, 1.82) is 0 Å². The topological polar surface area (TPSA) is 40.5 Å². The number of hydrogen-bond donors (Lipinski definition) is 1. The highest BCUT2D eigenvalue weighted by Gasteiger charge is 2.37. The molecule has 0 bridgehead atoms. The number of likely N-dealkylation sites (tertiary alicyclic amines) is 1. The Morgan fingerprint density at radius 3 is 2.80 bits per heavy atom. The number of thiophene rings is 1. The lowest BCUT2D eigenvalue weighted by Crippen LogP contribution is -2.39. The standard InChI is InChI=1S/C21H21NO2S/c1-14-6-4-8-16(12-14)20(22-11-5-9-17(22)21(23)24)19-13-15-7-2-3-10-18(15)25-19/h2-4,6-8,10,12-13,17,20H,5,9,11H2,1H3,(H,23,24). The zero-order valence-corrected chi connectivity index (χ0v) is 15.0. The highest BCUT2D eigenvalue weighted by atomic mass is 32.1. The maximum atomic E-state index is 11.8. The van der Waals surface area contributed by atoms with Crippen LogP contribution < -0.4 is 0 Å². The molecule has 1 fully saturated rings. The number of aryl methyl sites for hydroxylation is 1. The Morgan fingerprint density at radius 1 is 1.20 bits per heavy atom. The van der Waals surface area contributed by atoms with Crippen molar-refractivity contribution in [2.45, 2.75) is 31.8 Å². The summed E-state index contributed by atoms with van der Waals surface area (Å²) in [6.07, 6.45) is 1.66. The van der Waals surface area contributed by atoms with Gasteiger partial charge in [0.05, 0.1) is 6.04 Å². The van der Waals surface area contributed by atoms with Crippen molar-refractivity contribution < 1.29 is 9.90 Å². The van der Waals surface area contributed by atoms with E-state index < -0.39 is 12.0 Å². The molecule has 1 saturated heterocycles. The van der Waals surface area contributed by atoms with Gasteiger partial charge in [-0.25, -0.2) is 0 Å². The molecule has 0 spiro atoms. The average molecular weight is 351 g/mol. The fraction of sp³-hybridized carbons (Fsp3) is 0.286. The van der Waals surface area contributed by atoms with Crippen LogP contribution in [0.15, 0.2) is 54.6 Å². The van der Waals surface area contributed by atoms with Gasteiger partial charge < -0.3 is 5.11 Å². The first kappa shape index (κ1) is 16.3.